The molecule has 0 unspecified atom stereocenters. The second-order valence-corrected chi connectivity index (χ2v) is 7.61. The fourth-order valence-corrected chi connectivity index (χ4v) is 3.95. The molecular weight excluding hydrogens is 394 g/mol. The Balaban J connectivity index is 1.67. The number of nitrogens with zero attached hydrogens (tertiary/aromatic N) is 3. The van der Waals surface area contributed by atoms with Crippen molar-refractivity contribution in [3.05, 3.63) is 60.0 Å². The minimum atomic E-state index is -0.280. The molecule has 1 aromatic carbocycles. The van der Waals surface area contributed by atoms with Gasteiger partial charge in [0, 0.05) is 41.7 Å². The SMILES string of the molecule is CCNC(=O)n1nc(-c2cc(NC(=O)c3ccncc3)ccc2O)cc1C1CCCC1. The molecule has 2 aromatic heterocycles. The largest absolute Gasteiger partial charge is 0.507 e. The van der Waals surface area contributed by atoms with Gasteiger partial charge in [-0.15, -0.1) is 0 Å². The molecule has 0 saturated heterocycles. The summed E-state index contributed by atoms with van der Waals surface area (Å²) in [6.07, 6.45) is 7.38. The molecule has 8 heteroatoms. The summed E-state index contributed by atoms with van der Waals surface area (Å²) < 4.78 is 1.41. The van der Waals surface area contributed by atoms with Gasteiger partial charge < -0.3 is 15.7 Å². The van der Waals surface area contributed by atoms with Crippen LogP contribution in [-0.4, -0.2) is 38.4 Å². The van der Waals surface area contributed by atoms with Gasteiger partial charge in [-0.3, -0.25) is 9.78 Å². The van der Waals surface area contributed by atoms with E-state index in [-0.39, 0.29) is 23.6 Å². The van der Waals surface area contributed by atoms with E-state index >= 15 is 0 Å². The number of aromatic hydroxyl groups is 1. The number of pyridine rings is 1. The molecule has 3 aromatic rings. The summed E-state index contributed by atoms with van der Waals surface area (Å²) in [4.78, 5) is 29.0. The Bertz CT molecular complexity index is 1090. The smallest absolute Gasteiger partial charge is 0.342 e. The third-order valence-corrected chi connectivity index (χ3v) is 5.50. The molecule has 2 heterocycles. The van der Waals surface area contributed by atoms with Crippen LogP contribution in [0.15, 0.2) is 48.8 Å². The zero-order valence-electron chi connectivity index (χ0n) is 17.3. The van der Waals surface area contributed by atoms with E-state index in [1.54, 1.807) is 36.7 Å². The lowest BCUT2D eigenvalue weighted by Gasteiger charge is -2.11. The van der Waals surface area contributed by atoms with Gasteiger partial charge in [-0.2, -0.15) is 9.78 Å². The molecule has 1 saturated carbocycles. The Morgan fingerprint density at radius 2 is 1.87 bits per heavy atom. The van der Waals surface area contributed by atoms with Crippen LogP contribution in [0.2, 0.25) is 0 Å². The highest BCUT2D eigenvalue weighted by Crippen LogP contribution is 2.38. The van der Waals surface area contributed by atoms with Crippen molar-refractivity contribution in [1.82, 2.24) is 20.1 Å². The lowest BCUT2D eigenvalue weighted by molar-refractivity contribution is 0.102. The highest BCUT2D eigenvalue weighted by atomic mass is 16.3. The lowest BCUT2D eigenvalue weighted by atomic mass is 10.0. The summed E-state index contributed by atoms with van der Waals surface area (Å²) in [5.74, 6) is 0.0135. The van der Waals surface area contributed by atoms with E-state index in [0.29, 0.717) is 29.1 Å². The van der Waals surface area contributed by atoms with E-state index in [0.717, 1.165) is 31.4 Å². The number of nitrogens with one attached hydrogen (secondary N) is 2. The Kier molecular flexibility index (Phi) is 5.97. The number of rotatable bonds is 5. The van der Waals surface area contributed by atoms with Crippen molar-refractivity contribution >= 4 is 17.6 Å². The van der Waals surface area contributed by atoms with Crippen LogP contribution in [0, 0.1) is 0 Å². The third kappa shape index (κ3) is 4.42. The average molecular weight is 419 g/mol. The highest BCUT2D eigenvalue weighted by Gasteiger charge is 2.26. The number of carbonyl (C=O) groups is 2. The van der Waals surface area contributed by atoms with E-state index in [2.05, 4.69) is 20.7 Å². The molecule has 0 bridgehead atoms. The van der Waals surface area contributed by atoms with Crippen LogP contribution in [0.4, 0.5) is 10.5 Å². The third-order valence-electron chi connectivity index (χ3n) is 5.50. The molecule has 0 aliphatic heterocycles. The number of phenolic OH excluding ortho intramolecular Hbond substituents is 1. The average Bonchev–Trinajstić information content (AvgIpc) is 3.46. The summed E-state index contributed by atoms with van der Waals surface area (Å²) in [5.41, 5.74) is 2.79. The molecule has 1 fully saturated rings. The van der Waals surface area contributed by atoms with Gasteiger partial charge in [-0.1, -0.05) is 12.8 Å². The fourth-order valence-electron chi connectivity index (χ4n) is 3.95. The Morgan fingerprint density at radius 1 is 1.13 bits per heavy atom. The fraction of sp³-hybridized carbons (Fsp3) is 0.304. The van der Waals surface area contributed by atoms with Crippen molar-refractivity contribution in [1.29, 1.82) is 0 Å². The second-order valence-electron chi connectivity index (χ2n) is 7.61. The van der Waals surface area contributed by atoms with E-state index in [1.807, 2.05) is 13.0 Å². The quantitative estimate of drug-likeness (QED) is 0.539. The summed E-state index contributed by atoms with van der Waals surface area (Å²) in [7, 11) is 0. The molecule has 0 atom stereocenters. The Hall–Kier alpha value is -3.68. The van der Waals surface area contributed by atoms with E-state index in [9.17, 15) is 14.7 Å². The summed E-state index contributed by atoms with van der Waals surface area (Å²) in [5, 5.41) is 20.6. The van der Waals surface area contributed by atoms with Gasteiger partial charge in [0.1, 0.15) is 5.75 Å². The number of amides is 2. The predicted octanol–water partition coefficient (Wildman–Crippen LogP) is 4.14. The van der Waals surface area contributed by atoms with Crippen LogP contribution in [-0.2, 0) is 0 Å². The van der Waals surface area contributed by atoms with Crippen molar-refractivity contribution in [3.63, 3.8) is 0 Å². The topological polar surface area (TPSA) is 109 Å². The maximum atomic E-state index is 12.6. The van der Waals surface area contributed by atoms with Crippen molar-refractivity contribution in [2.75, 3.05) is 11.9 Å². The van der Waals surface area contributed by atoms with Gasteiger partial charge in [0.15, 0.2) is 0 Å². The van der Waals surface area contributed by atoms with E-state index in [1.165, 1.54) is 10.7 Å². The molecular formula is C23H25N5O3. The molecule has 1 aliphatic rings. The second kappa shape index (κ2) is 8.99. The molecule has 3 N–H and O–H groups in total. The van der Waals surface area contributed by atoms with Crippen LogP contribution in [0.5, 0.6) is 5.75 Å². The van der Waals surface area contributed by atoms with Crippen LogP contribution in [0.1, 0.15) is 54.6 Å². The minimum absolute atomic E-state index is 0.0282. The molecule has 4 rings (SSSR count). The van der Waals surface area contributed by atoms with E-state index < -0.39 is 0 Å². The standard InChI is InChI=1S/C23H25N5O3/c1-2-25-23(31)28-20(15-5-3-4-6-15)14-19(27-28)18-13-17(7-8-21(18)29)26-22(30)16-9-11-24-12-10-16/h7-15,29H,2-6H2,1H3,(H,25,31)(H,26,30). The zero-order valence-corrected chi connectivity index (χ0v) is 17.3. The Labute approximate surface area is 180 Å². The van der Waals surface area contributed by atoms with Gasteiger partial charge in [-0.25, -0.2) is 4.79 Å². The van der Waals surface area contributed by atoms with Crippen molar-refractivity contribution in [2.45, 2.75) is 38.5 Å². The molecule has 8 nitrogen and oxygen atoms in total. The zero-order chi connectivity index (χ0) is 21.8. The van der Waals surface area contributed by atoms with Gasteiger partial charge in [-0.05, 0) is 56.2 Å². The van der Waals surface area contributed by atoms with Crippen LogP contribution < -0.4 is 10.6 Å². The first kappa shape index (κ1) is 20.6. The van der Waals surface area contributed by atoms with Crippen molar-refractivity contribution in [3.8, 4) is 17.0 Å². The maximum absolute atomic E-state index is 12.6. The first-order valence-corrected chi connectivity index (χ1v) is 10.5. The number of hydrogen-bond donors (Lipinski definition) is 3. The lowest BCUT2D eigenvalue weighted by Crippen LogP contribution is -2.30. The first-order valence-electron chi connectivity index (χ1n) is 10.5. The number of anilines is 1. The summed E-state index contributed by atoms with van der Waals surface area (Å²) in [6, 6.07) is 9.63. The molecule has 0 spiro atoms. The number of aromatic nitrogens is 3. The van der Waals surface area contributed by atoms with Crippen LogP contribution >= 0.6 is 0 Å². The molecule has 160 valence electrons. The number of carbonyl (C=O) groups excluding carboxylic acids is 2. The van der Waals surface area contributed by atoms with Crippen molar-refractivity contribution < 1.29 is 14.7 Å². The number of hydrogen-bond acceptors (Lipinski definition) is 5. The normalized spacial score (nSPS) is 13.8. The summed E-state index contributed by atoms with van der Waals surface area (Å²) >= 11 is 0. The monoisotopic (exact) mass is 419 g/mol. The van der Waals surface area contributed by atoms with Gasteiger partial charge >= 0.3 is 6.03 Å². The van der Waals surface area contributed by atoms with Crippen molar-refractivity contribution in [2.24, 2.45) is 0 Å². The van der Waals surface area contributed by atoms with Gasteiger partial charge in [0.05, 0.1) is 11.4 Å². The first-order chi connectivity index (χ1) is 15.1. The van der Waals surface area contributed by atoms with Crippen LogP contribution in [0.25, 0.3) is 11.3 Å². The summed E-state index contributed by atoms with van der Waals surface area (Å²) in [6.45, 7) is 2.36. The van der Waals surface area contributed by atoms with Gasteiger partial charge in [0.25, 0.3) is 5.91 Å². The minimum Gasteiger partial charge on any atom is -0.507 e. The highest BCUT2D eigenvalue weighted by molar-refractivity contribution is 6.04. The molecule has 2 amide bonds. The number of phenols is 1. The number of benzene rings is 1. The van der Waals surface area contributed by atoms with E-state index in [4.69, 9.17) is 0 Å². The van der Waals surface area contributed by atoms with Gasteiger partial charge in [0.2, 0.25) is 0 Å². The van der Waals surface area contributed by atoms with Crippen LogP contribution in [0.3, 0.4) is 0 Å². The maximum Gasteiger partial charge on any atom is 0.342 e. The predicted molar refractivity (Wildman–Crippen MR) is 117 cm³/mol. The molecule has 31 heavy (non-hydrogen) atoms. The Morgan fingerprint density at radius 3 is 2.58 bits per heavy atom. The molecule has 0 radical (unpaired) electrons. The molecule has 1 aliphatic carbocycles.